The fourth-order valence-electron chi connectivity index (χ4n) is 3.59. The number of nitrogens with zero attached hydrogens (tertiary/aromatic N) is 1. The number of nitrogens with one attached hydrogen (secondary N) is 2. The molecule has 3 rings (SSSR count). The molecule has 2 amide bonds. The summed E-state index contributed by atoms with van der Waals surface area (Å²) in [6.07, 6.45) is 4.24. The van der Waals surface area contributed by atoms with Crippen LogP contribution in [0.5, 0.6) is 5.75 Å². The monoisotopic (exact) mass is 331 g/mol. The highest BCUT2D eigenvalue weighted by atomic mass is 16.5. The van der Waals surface area contributed by atoms with Crippen LogP contribution in [0.2, 0.25) is 0 Å². The predicted molar refractivity (Wildman–Crippen MR) is 92.3 cm³/mol. The first kappa shape index (κ1) is 16.8. The van der Waals surface area contributed by atoms with E-state index in [4.69, 9.17) is 4.74 Å². The average molecular weight is 331 g/mol. The molecule has 130 valence electrons. The molecule has 0 aromatic heterocycles. The Balaban J connectivity index is 1.74. The van der Waals surface area contributed by atoms with Gasteiger partial charge in [-0.1, -0.05) is 6.92 Å². The lowest BCUT2D eigenvalue weighted by Crippen LogP contribution is -2.40. The molecule has 2 heterocycles. The first-order valence-corrected chi connectivity index (χ1v) is 8.68. The van der Waals surface area contributed by atoms with Gasteiger partial charge in [0.15, 0.2) is 0 Å². The predicted octanol–water partition coefficient (Wildman–Crippen LogP) is 2.14. The molecule has 1 aromatic carbocycles. The molecule has 1 saturated heterocycles. The van der Waals surface area contributed by atoms with Gasteiger partial charge in [-0.25, -0.2) is 0 Å². The van der Waals surface area contributed by atoms with E-state index < -0.39 is 0 Å². The smallest absolute Gasteiger partial charge is 0.256 e. The summed E-state index contributed by atoms with van der Waals surface area (Å²) in [4.78, 5) is 26.3. The molecule has 24 heavy (non-hydrogen) atoms. The van der Waals surface area contributed by atoms with Crippen LogP contribution in [0.1, 0.15) is 49.0 Å². The van der Waals surface area contributed by atoms with E-state index in [0.717, 1.165) is 24.9 Å². The van der Waals surface area contributed by atoms with Crippen LogP contribution in [0.15, 0.2) is 12.1 Å². The highest BCUT2D eigenvalue weighted by Crippen LogP contribution is 2.33. The Bertz CT molecular complexity index is 645. The minimum absolute atomic E-state index is 0.150. The van der Waals surface area contributed by atoms with E-state index in [1.807, 2.05) is 6.07 Å². The van der Waals surface area contributed by atoms with Crippen LogP contribution in [0.4, 0.5) is 5.69 Å². The topological polar surface area (TPSA) is 70.7 Å². The Morgan fingerprint density at radius 3 is 2.96 bits per heavy atom. The van der Waals surface area contributed by atoms with E-state index in [9.17, 15) is 9.59 Å². The van der Waals surface area contributed by atoms with Crippen LogP contribution < -0.4 is 15.4 Å². The molecule has 2 N–H and O–H groups in total. The van der Waals surface area contributed by atoms with Gasteiger partial charge in [0.1, 0.15) is 5.75 Å². The number of amides is 2. The van der Waals surface area contributed by atoms with Crippen molar-refractivity contribution in [3.8, 4) is 5.75 Å². The molecule has 1 aromatic rings. The number of benzene rings is 1. The van der Waals surface area contributed by atoms with Gasteiger partial charge in [0.05, 0.1) is 18.8 Å². The number of likely N-dealkylation sites (tertiary alicyclic amines) is 1. The Kier molecular flexibility index (Phi) is 5.04. The summed E-state index contributed by atoms with van der Waals surface area (Å²) in [5.41, 5.74) is 2.12. The van der Waals surface area contributed by atoms with E-state index in [2.05, 4.69) is 22.5 Å². The molecule has 0 aliphatic carbocycles. The molecule has 0 bridgehead atoms. The number of hydrogen-bond acceptors (Lipinski definition) is 4. The highest BCUT2D eigenvalue weighted by molar-refractivity contribution is 6.00. The first-order chi connectivity index (χ1) is 11.6. The minimum atomic E-state index is -0.151. The quantitative estimate of drug-likeness (QED) is 0.867. The second-order valence-corrected chi connectivity index (χ2v) is 6.47. The van der Waals surface area contributed by atoms with Gasteiger partial charge < -0.3 is 15.4 Å². The fraction of sp³-hybridized carbons (Fsp3) is 0.556. The average Bonchev–Trinajstić information content (AvgIpc) is 3.19. The Morgan fingerprint density at radius 2 is 2.21 bits per heavy atom. The second kappa shape index (κ2) is 7.21. The summed E-state index contributed by atoms with van der Waals surface area (Å²) in [6.45, 7) is 5.79. The molecular weight excluding hydrogens is 306 g/mol. The minimum Gasteiger partial charge on any atom is -0.492 e. The maximum absolute atomic E-state index is 12.7. The van der Waals surface area contributed by atoms with Gasteiger partial charge >= 0.3 is 0 Å². The van der Waals surface area contributed by atoms with Gasteiger partial charge in [-0.2, -0.15) is 0 Å². The van der Waals surface area contributed by atoms with E-state index >= 15 is 0 Å². The summed E-state index contributed by atoms with van der Waals surface area (Å²) in [7, 11) is 0. The maximum atomic E-state index is 12.7. The molecule has 6 nitrogen and oxygen atoms in total. The number of ether oxygens (including phenoxy) is 1. The van der Waals surface area contributed by atoms with Crippen molar-refractivity contribution in [2.75, 3.05) is 25.1 Å². The summed E-state index contributed by atoms with van der Waals surface area (Å²) in [5.74, 6) is 0.347. The Morgan fingerprint density at radius 1 is 1.38 bits per heavy atom. The number of hydrogen-bond donors (Lipinski definition) is 2. The Labute approximate surface area is 142 Å². The third-order valence-corrected chi connectivity index (χ3v) is 4.76. The summed E-state index contributed by atoms with van der Waals surface area (Å²) >= 11 is 0. The number of carbonyl (C=O) groups excluding carboxylic acids is 2. The summed E-state index contributed by atoms with van der Waals surface area (Å²) in [5, 5.41) is 5.77. The van der Waals surface area contributed by atoms with Crippen LogP contribution in [0.25, 0.3) is 0 Å². The largest absolute Gasteiger partial charge is 0.492 e. The van der Waals surface area contributed by atoms with Crippen LogP contribution in [0, 0.1) is 0 Å². The van der Waals surface area contributed by atoms with Crippen molar-refractivity contribution in [3.63, 3.8) is 0 Å². The van der Waals surface area contributed by atoms with Crippen LogP contribution in [0.3, 0.4) is 0 Å². The van der Waals surface area contributed by atoms with E-state index in [1.165, 1.54) is 19.8 Å². The van der Waals surface area contributed by atoms with Gasteiger partial charge in [-0.05, 0) is 31.4 Å². The fourth-order valence-corrected chi connectivity index (χ4v) is 3.59. The zero-order valence-corrected chi connectivity index (χ0v) is 14.4. The van der Waals surface area contributed by atoms with Gasteiger partial charge in [-0.15, -0.1) is 0 Å². The zero-order valence-electron chi connectivity index (χ0n) is 14.4. The van der Waals surface area contributed by atoms with Crippen molar-refractivity contribution < 1.29 is 14.3 Å². The lowest BCUT2D eigenvalue weighted by molar-refractivity contribution is -0.114. The highest BCUT2D eigenvalue weighted by Gasteiger charge is 2.25. The molecular formula is C18H25N3O3. The van der Waals surface area contributed by atoms with Gasteiger partial charge in [-0.3, -0.25) is 14.5 Å². The maximum Gasteiger partial charge on any atom is 0.256 e. The third-order valence-electron chi connectivity index (χ3n) is 4.76. The summed E-state index contributed by atoms with van der Waals surface area (Å²) in [6, 6.07) is 4.13. The molecule has 0 saturated carbocycles. The molecule has 0 spiro atoms. The van der Waals surface area contributed by atoms with Gasteiger partial charge in [0.25, 0.3) is 5.91 Å². The van der Waals surface area contributed by atoms with Gasteiger partial charge in [0.2, 0.25) is 5.91 Å². The van der Waals surface area contributed by atoms with E-state index in [-0.39, 0.29) is 11.8 Å². The van der Waals surface area contributed by atoms with Crippen molar-refractivity contribution in [1.29, 1.82) is 0 Å². The molecule has 1 unspecified atom stereocenters. The summed E-state index contributed by atoms with van der Waals surface area (Å²) < 4.78 is 5.64. The van der Waals surface area contributed by atoms with Crippen molar-refractivity contribution in [2.45, 2.75) is 45.6 Å². The standard InChI is InChI=1S/C18H25N3O3/c1-3-15-5-4-7-21(15)11-19-18(23)16-10-14(20-12(2)22)9-13-6-8-24-17(13)16/h9-10,15H,3-8,11H2,1-2H3,(H,19,23)(H,20,22). The van der Waals surface area contributed by atoms with Crippen LogP contribution in [-0.4, -0.2) is 42.6 Å². The van der Waals surface area contributed by atoms with Crippen molar-refractivity contribution in [3.05, 3.63) is 23.3 Å². The van der Waals surface area contributed by atoms with Crippen LogP contribution in [-0.2, 0) is 11.2 Å². The molecule has 2 aliphatic heterocycles. The van der Waals surface area contributed by atoms with Crippen molar-refractivity contribution in [2.24, 2.45) is 0 Å². The molecule has 0 radical (unpaired) electrons. The molecule has 6 heteroatoms. The molecule has 1 atom stereocenters. The molecule has 1 fully saturated rings. The zero-order chi connectivity index (χ0) is 17.1. The SMILES string of the molecule is CCC1CCCN1CNC(=O)c1cc(NC(C)=O)cc2c1OCC2. The normalized spacial score (nSPS) is 19.7. The van der Waals surface area contributed by atoms with Crippen molar-refractivity contribution in [1.82, 2.24) is 10.2 Å². The van der Waals surface area contributed by atoms with Gasteiger partial charge in [0, 0.05) is 37.2 Å². The lowest BCUT2D eigenvalue weighted by Gasteiger charge is -2.23. The first-order valence-electron chi connectivity index (χ1n) is 8.68. The van der Waals surface area contributed by atoms with E-state index in [1.54, 1.807) is 6.07 Å². The lowest BCUT2D eigenvalue weighted by atomic mass is 10.1. The van der Waals surface area contributed by atoms with Crippen LogP contribution >= 0.6 is 0 Å². The number of fused-ring (bicyclic) bond motifs is 1. The van der Waals surface area contributed by atoms with Crippen molar-refractivity contribution >= 4 is 17.5 Å². The second-order valence-electron chi connectivity index (χ2n) is 6.47. The Hall–Kier alpha value is -2.08. The van der Waals surface area contributed by atoms with E-state index in [0.29, 0.717) is 36.3 Å². The number of carbonyl (C=O) groups is 2. The number of rotatable bonds is 5. The number of anilines is 1. The third kappa shape index (κ3) is 3.53. The molecule has 2 aliphatic rings.